The van der Waals surface area contributed by atoms with Crippen molar-refractivity contribution in [2.75, 3.05) is 0 Å². The molecule has 0 aliphatic carbocycles. The summed E-state index contributed by atoms with van der Waals surface area (Å²) in [4.78, 5) is 14.3. The highest BCUT2D eigenvalue weighted by molar-refractivity contribution is 5.75. The van der Waals surface area contributed by atoms with Crippen molar-refractivity contribution in [3.63, 3.8) is 0 Å². The van der Waals surface area contributed by atoms with Crippen LogP contribution in [0, 0.1) is 6.92 Å². The molecule has 4 heteroatoms. The zero-order valence-electron chi connectivity index (χ0n) is 6.69. The van der Waals surface area contributed by atoms with Gasteiger partial charge in [-0.2, -0.15) is 0 Å². The number of carboxylic acid groups (broad SMARTS) is 1. The number of nitrogens with zero attached hydrogens (tertiary/aromatic N) is 1. The van der Waals surface area contributed by atoms with Gasteiger partial charge < -0.3 is 10.8 Å². The van der Waals surface area contributed by atoms with Gasteiger partial charge in [0.2, 0.25) is 0 Å². The molecule has 1 unspecified atom stereocenters. The van der Waals surface area contributed by atoms with Crippen LogP contribution in [0.5, 0.6) is 0 Å². The summed E-state index contributed by atoms with van der Waals surface area (Å²) >= 11 is 0. The van der Waals surface area contributed by atoms with Gasteiger partial charge in [0.1, 0.15) is 6.04 Å². The van der Waals surface area contributed by atoms with Crippen molar-refractivity contribution in [1.29, 1.82) is 0 Å². The Morgan fingerprint density at radius 3 is 2.83 bits per heavy atom. The van der Waals surface area contributed by atoms with Crippen molar-refractivity contribution in [2.45, 2.75) is 13.0 Å². The maximum Gasteiger partial charge on any atom is 0.325 e. The van der Waals surface area contributed by atoms with E-state index in [9.17, 15) is 4.79 Å². The van der Waals surface area contributed by atoms with E-state index in [0.29, 0.717) is 5.56 Å². The standard InChI is InChI=1S/C8H10N2O2/c1-5-2-6(4-10-3-5)7(9)8(11)12/h2-4,7H,9H2,1H3,(H,11,12). The number of hydrogen-bond donors (Lipinski definition) is 2. The molecule has 1 heterocycles. The topological polar surface area (TPSA) is 76.2 Å². The maximum absolute atomic E-state index is 10.5. The average Bonchev–Trinajstić information content (AvgIpc) is 2.03. The zero-order valence-corrected chi connectivity index (χ0v) is 6.69. The summed E-state index contributed by atoms with van der Waals surface area (Å²) in [5, 5.41) is 8.57. The Bertz CT molecular complexity index is 299. The Balaban J connectivity index is 2.95. The van der Waals surface area contributed by atoms with Crippen molar-refractivity contribution in [3.05, 3.63) is 29.6 Å². The molecule has 0 amide bonds. The Morgan fingerprint density at radius 1 is 1.67 bits per heavy atom. The van der Waals surface area contributed by atoms with E-state index in [1.807, 2.05) is 6.92 Å². The largest absolute Gasteiger partial charge is 0.480 e. The van der Waals surface area contributed by atoms with Crippen molar-refractivity contribution in [1.82, 2.24) is 4.98 Å². The second-order valence-electron chi connectivity index (χ2n) is 2.61. The fourth-order valence-electron chi connectivity index (χ4n) is 0.891. The summed E-state index contributed by atoms with van der Waals surface area (Å²) in [6.07, 6.45) is 3.11. The van der Waals surface area contributed by atoms with Crippen molar-refractivity contribution in [2.24, 2.45) is 5.73 Å². The molecule has 0 radical (unpaired) electrons. The van der Waals surface area contributed by atoms with E-state index in [2.05, 4.69) is 4.98 Å². The number of hydrogen-bond acceptors (Lipinski definition) is 3. The van der Waals surface area contributed by atoms with Gasteiger partial charge in [-0.3, -0.25) is 9.78 Å². The lowest BCUT2D eigenvalue weighted by molar-refractivity contribution is -0.138. The van der Waals surface area contributed by atoms with Gasteiger partial charge in [-0.15, -0.1) is 0 Å². The first-order valence-corrected chi connectivity index (χ1v) is 3.51. The summed E-state index contributed by atoms with van der Waals surface area (Å²) in [6.45, 7) is 1.84. The predicted octanol–water partition coefficient (Wildman–Crippen LogP) is 0.474. The van der Waals surface area contributed by atoms with Crippen LogP contribution in [-0.2, 0) is 4.79 Å². The van der Waals surface area contributed by atoms with Crippen LogP contribution in [0.4, 0.5) is 0 Å². The van der Waals surface area contributed by atoms with E-state index < -0.39 is 12.0 Å². The molecule has 0 bridgehead atoms. The third-order valence-corrected chi connectivity index (χ3v) is 1.52. The summed E-state index contributed by atoms with van der Waals surface area (Å²) in [7, 11) is 0. The number of aromatic nitrogens is 1. The van der Waals surface area contributed by atoms with Crippen LogP contribution in [0.2, 0.25) is 0 Å². The maximum atomic E-state index is 10.5. The fourth-order valence-corrected chi connectivity index (χ4v) is 0.891. The number of aryl methyl sites for hydroxylation is 1. The summed E-state index contributed by atoms with van der Waals surface area (Å²) in [5.41, 5.74) is 6.80. The minimum Gasteiger partial charge on any atom is -0.480 e. The molecule has 4 nitrogen and oxygen atoms in total. The van der Waals surface area contributed by atoms with Gasteiger partial charge in [0.25, 0.3) is 0 Å². The lowest BCUT2D eigenvalue weighted by Crippen LogP contribution is -2.20. The van der Waals surface area contributed by atoms with Crippen LogP contribution in [-0.4, -0.2) is 16.1 Å². The highest BCUT2D eigenvalue weighted by atomic mass is 16.4. The third kappa shape index (κ3) is 1.79. The van der Waals surface area contributed by atoms with E-state index in [-0.39, 0.29) is 0 Å². The van der Waals surface area contributed by atoms with Crippen LogP contribution in [0.15, 0.2) is 18.5 Å². The normalized spacial score (nSPS) is 12.5. The van der Waals surface area contributed by atoms with Gasteiger partial charge in [-0.1, -0.05) is 6.07 Å². The minimum absolute atomic E-state index is 0.530. The first-order chi connectivity index (χ1) is 5.61. The Labute approximate surface area is 70.0 Å². The SMILES string of the molecule is Cc1cncc(C(N)C(=O)O)c1. The predicted molar refractivity (Wildman–Crippen MR) is 43.5 cm³/mol. The molecule has 64 valence electrons. The van der Waals surface area contributed by atoms with E-state index >= 15 is 0 Å². The highest BCUT2D eigenvalue weighted by Gasteiger charge is 2.13. The molecule has 1 rings (SSSR count). The molecular weight excluding hydrogens is 156 g/mol. The fraction of sp³-hybridized carbons (Fsp3) is 0.250. The van der Waals surface area contributed by atoms with Gasteiger partial charge in [-0.05, 0) is 18.1 Å². The van der Waals surface area contributed by atoms with Crippen molar-refractivity contribution < 1.29 is 9.90 Å². The Hall–Kier alpha value is -1.42. The van der Waals surface area contributed by atoms with Crippen LogP contribution in [0.1, 0.15) is 17.2 Å². The minimum atomic E-state index is -1.04. The number of aliphatic carboxylic acids is 1. The average molecular weight is 166 g/mol. The summed E-state index contributed by atoms with van der Waals surface area (Å²) < 4.78 is 0. The van der Waals surface area contributed by atoms with Crippen LogP contribution in [0.25, 0.3) is 0 Å². The van der Waals surface area contributed by atoms with E-state index in [1.54, 1.807) is 12.3 Å². The van der Waals surface area contributed by atoms with Crippen LogP contribution < -0.4 is 5.73 Å². The smallest absolute Gasteiger partial charge is 0.325 e. The second-order valence-corrected chi connectivity index (χ2v) is 2.61. The summed E-state index contributed by atoms with van der Waals surface area (Å²) in [5.74, 6) is -1.04. The van der Waals surface area contributed by atoms with Crippen molar-refractivity contribution in [3.8, 4) is 0 Å². The molecule has 3 N–H and O–H groups in total. The molecule has 1 atom stereocenters. The second kappa shape index (κ2) is 3.32. The van der Waals surface area contributed by atoms with E-state index in [0.717, 1.165) is 5.56 Å². The van der Waals surface area contributed by atoms with Gasteiger partial charge in [-0.25, -0.2) is 0 Å². The van der Waals surface area contributed by atoms with Crippen LogP contribution >= 0.6 is 0 Å². The monoisotopic (exact) mass is 166 g/mol. The first-order valence-electron chi connectivity index (χ1n) is 3.51. The molecule has 0 fully saturated rings. The number of carboxylic acids is 1. The van der Waals surface area contributed by atoms with Gasteiger partial charge >= 0.3 is 5.97 Å². The van der Waals surface area contributed by atoms with E-state index in [1.165, 1.54) is 6.20 Å². The lowest BCUT2D eigenvalue weighted by Gasteiger charge is -2.05. The number of carbonyl (C=O) groups is 1. The Kier molecular flexibility index (Phi) is 2.40. The molecule has 1 aromatic rings. The van der Waals surface area contributed by atoms with Gasteiger partial charge in [0.05, 0.1) is 0 Å². The molecule has 12 heavy (non-hydrogen) atoms. The number of nitrogens with two attached hydrogens (primary N) is 1. The first kappa shape index (κ1) is 8.67. The Morgan fingerprint density at radius 2 is 2.33 bits per heavy atom. The lowest BCUT2D eigenvalue weighted by atomic mass is 10.1. The van der Waals surface area contributed by atoms with Gasteiger partial charge in [0, 0.05) is 12.4 Å². The quantitative estimate of drug-likeness (QED) is 0.669. The van der Waals surface area contributed by atoms with Crippen molar-refractivity contribution >= 4 is 5.97 Å². The van der Waals surface area contributed by atoms with Gasteiger partial charge in [0.15, 0.2) is 0 Å². The third-order valence-electron chi connectivity index (χ3n) is 1.52. The molecule has 1 aromatic heterocycles. The molecule has 0 aliphatic heterocycles. The highest BCUT2D eigenvalue weighted by Crippen LogP contribution is 2.09. The van der Waals surface area contributed by atoms with Crippen LogP contribution in [0.3, 0.4) is 0 Å². The number of pyridine rings is 1. The molecule has 0 saturated carbocycles. The number of rotatable bonds is 2. The zero-order chi connectivity index (χ0) is 9.14. The molecule has 0 aromatic carbocycles. The van der Waals surface area contributed by atoms with E-state index in [4.69, 9.17) is 10.8 Å². The molecule has 0 aliphatic rings. The summed E-state index contributed by atoms with van der Waals surface area (Å²) in [6, 6.07) is 0.739. The molecular formula is C8H10N2O2. The molecule has 0 saturated heterocycles. The molecule has 0 spiro atoms.